The van der Waals surface area contributed by atoms with Crippen molar-refractivity contribution >= 4 is 24.6 Å². The highest BCUT2D eigenvalue weighted by atomic mass is 15.4. The van der Waals surface area contributed by atoms with Gasteiger partial charge < -0.3 is 14.6 Å². The minimum atomic E-state index is 0.224. The molecule has 0 bridgehead atoms. The van der Waals surface area contributed by atoms with E-state index in [9.17, 15) is 0 Å². The first-order valence-corrected chi connectivity index (χ1v) is 12.1. The van der Waals surface area contributed by atoms with Crippen LogP contribution in [-0.2, 0) is 0 Å². The van der Waals surface area contributed by atoms with Crippen LogP contribution >= 0.6 is 0 Å². The normalized spacial score (nSPS) is 22.1. The van der Waals surface area contributed by atoms with Crippen molar-refractivity contribution in [3.05, 3.63) is 48.1 Å². The van der Waals surface area contributed by atoms with Gasteiger partial charge in [0, 0.05) is 31.0 Å². The van der Waals surface area contributed by atoms with Gasteiger partial charge in [-0.2, -0.15) is 0 Å². The number of nitrogens with one attached hydrogen (secondary N) is 1. The molecule has 0 amide bonds. The summed E-state index contributed by atoms with van der Waals surface area (Å²) in [5.74, 6) is 2.18. The summed E-state index contributed by atoms with van der Waals surface area (Å²) in [6.45, 7) is 12.9. The monoisotopic (exact) mass is 415 g/mol. The van der Waals surface area contributed by atoms with E-state index in [-0.39, 0.29) is 5.41 Å². The molecule has 1 aromatic carbocycles. The van der Waals surface area contributed by atoms with Crippen LogP contribution in [0.5, 0.6) is 0 Å². The number of allylic oxidation sites excluding steroid dienone is 1. The van der Waals surface area contributed by atoms with Crippen LogP contribution < -0.4 is 4.81 Å². The molecular formula is C26H36BN4. The standard InChI is InChI=1S/C26H36BN4/c1-19(20-7-11-23(12-8-20)31-14-4-13-27-31)29-15-16-30(18-29)25(28)24(21-5-6-21)17-26(2,3)22-9-10-22/h7-8,11-12,17,21-22,28H,1,4-6,9-10,13-16,18H2,2-3H3/b24-17-,28-25?. The van der Waals surface area contributed by atoms with Crippen LogP contribution in [-0.4, -0.2) is 49.4 Å². The van der Waals surface area contributed by atoms with E-state index in [1.165, 1.54) is 55.2 Å². The molecule has 5 rings (SSSR count). The first kappa shape index (κ1) is 20.7. The molecule has 0 atom stereocenters. The van der Waals surface area contributed by atoms with Gasteiger partial charge in [0.15, 0.2) is 0 Å². The molecule has 2 heterocycles. The van der Waals surface area contributed by atoms with Crippen LogP contribution in [0.3, 0.4) is 0 Å². The predicted octanol–water partition coefficient (Wildman–Crippen LogP) is 5.23. The summed E-state index contributed by atoms with van der Waals surface area (Å²) in [5, 5.41) is 9.01. The molecule has 1 radical (unpaired) electrons. The van der Waals surface area contributed by atoms with Gasteiger partial charge in [-0.1, -0.05) is 45.0 Å². The molecular weight excluding hydrogens is 379 g/mol. The lowest BCUT2D eigenvalue weighted by Gasteiger charge is -2.27. The third kappa shape index (κ3) is 4.42. The van der Waals surface area contributed by atoms with Gasteiger partial charge in [0.2, 0.25) is 7.41 Å². The number of benzene rings is 1. The Bertz CT molecular complexity index is 873. The Kier molecular flexibility index (Phi) is 5.39. The Hall–Kier alpha value is -2.17. The highest BCUT2D eigenvalue weighted by Crippen LogP contribution is 2.49. The molecule has 4 fully saturated rings. The van der Waals surface area contributed by atoms with E-state index in [2.05, 4.69) is 72.8 Å². The first-order chi connectivity index (χ1) is 14.9. The molecule has 5 heteroatoms. The number of amidine groups is 1. The van der Waals surface area contributed by atoms with Gasteiger partial charge in [-0.05, 0) is 72.6 Å². The molecule has 0 spiro atoms. The van der Waals surface area contributed by atoms with Crippen molar-refractivity contribution < 1.29 is 0 Å². The molecule has 31 heavy (non-hydrogen) atoms. The Morgan fingerprint density at radius 1 is 1.06 bits per heavy atom. The molecule has 0 aromatic heterocycles. The number of rotatable bonds is 7. The summed E-state index contributed by atoms with van der Waals surface area (Å²) < 4.78 is 0. The van der Waals surface area contributed by atoms with Crippen molar-refractivity contribution in [3.8, 4) is 0 Å². The average molecular weight is 415 g/mol. The topological polar surface area (TPSA) is 33.6 Å². The molecule has 2 saturated heterocycles. The van der Waals surface area contributed by atoms with Crippen LogP contribution in [0, 0.1) is 22.7 Å². The van der Waals surface area contributed by atoms with Crippen LogP contribution in [0.2, 0.25) is 6.32 Å². The fraction of sp³-hybridized carbons (Fsp3) is 0.577. The van der Waals surface area contributed by atoms with E-state index in [0.29, 0.717) is 5.92 Å². The van der Waals surface area contributed by atoms with Crippen molar-refractivity contribution in [1.29, 1.82) is 5.41 Å². The van der Waals surface area contributed by atoms with E-state index in [0.717, 1.165) is 43.8 Å². The minimum absolute atomic E-state index is 0.224. The number of hydrogen-bond donors (Lipinski definition) is 1. The smallest absolute Gasteiger partial charge is 0.246 e. The Balaban J connectivity index is 1.24. The molecule has 2 aliphatic carbocycles. The zero-order chi connectivity index (χ0) is 21.6. The molecule has 0 unspecified atom stereocenters. The summed E-state index contributed by atoms with van der Waals surface area (Å²) in [6, 6.07) is 8.83. The third-order valence-electron chi connectivity index (χ3n) is 7.61. The van der Waals surface area contributed by atoms with Gasteiger partial charge in [0.25, 0.3) is 0 Å². The molecule has 2 aliphatic heterocycles. The highest BCUT2D eigenvalue weighted by molar-refractivity contribution is 6.42. The zero-order valence-corrected chi connectivity index (χ0v) is 19.2. The predicted molar refractivity (Wildman–Crippen MR) is 131 cm³/mol. The van der Waals surface area contributed by atoms with Gasteiger partial charge in [-0.15, -0.1) is 0 Å². The first-order valence-electron chi connectivity index (χ1n) is 12.1. The quantitative estimate of drug-likeness (QED) is 0.376. The molecule has 4 aliphatic rings. The largest absolute Gasteiger partial charge is 0.419 e. The SMILES string of the molecule is C=C(c1ccc(N2[B]CCC2)cc1)N1CCN(C(=N)/C(=C\C(C)(C)C2CC2)C2CC2)C1. The summed E-state index contributed by atoms with van der Waals surface area (Å²) in [4.78, 5) is 6.94. The minimum Gasteiger partial charge on any atom is -0.419 e. The maximum absolute atomic E-state index is 9.01. The van der Waals surface area contributed by atoms with E-state index in [4.69, 9.17) is 5.41 Å². The van der Waals surface area contributed by atoms with Gasteiger partial charge in [-0.25, -0.2) is 0 Å². The summed E-state index contributed by atoms with van der Waals surface area (Å²) >= 11 is 0. The average Bonchev–Trinajstić information content (AvgIpc) is 3.70. The van der Waals surface area contributed by atoms with E-state index >= 15 is 0 Å². The van der Waals surface area contributed by atoms with Crippen molar-refractivity contribution in [3.63, 3.8) is 0 Å². The second-order valence-corrected chi connectivity index (χ2v) is 10.5. The van der Waals surface area contributed by atoms with Crippen molar-refractivity contribution in [2.75, 3.05) is 31.1 Å². The summed E-state index contributed by atoms with van der Waals surface area (Å²) in [6.07, 6.45) is 10.1. The highest BCUT2D eigenvalue weighted by Gasteiger charge is 2.40. The van der Waals surface area contributed by atoms with Crippen LogP contribution in [0.25, 0.3) is 5.70 Å². The number of hydrogen-bond acceptors (Lipinski definition) is 3. The maximum atomic E-state index is 9.01. The van der Waals surface area contributed by atoms with Gasteiger partial charge >= 0.3 is 0 Å². The van der Waals surface area contributed by atoms with Gasteiger partial charge in [0.05, 0.1) is 6.67 Å². The van der Waals surface area contributed by atoms with E-state index in [1.807, 2.05) is 0 Å². The van der Waals surface area contributed by atoms with E-state index in [1.54, 1.807) is 0 Å². The Morgan fingerprint density at radius 2 is 1.77 bits per heavy atom. The summed E-state index contributed by atoms with van der Waals surface area (Å²) in [5.41, 5.74) is 5.06. The Labute approximate surface area is 188 Å². The number of nitrogens with zero attached hydrogens (tertiary/aromatic N) is 3. The second-order valence-electron chi connectivity index (χ2n) is 10.5. The number of anilines is 1. The third-order valence-corrected chi connectivity index (χ3v) is 7.61. The van der Waals surface area contributed by atoms with Crippen LogP contribution in [0.4, 0.5) is 5.69 Å². The van der Waals surface area contributed by atoms with Crippen LogP contribution in [0.15, 0.2) is 42.5 Å². The second kappa shape index (κ2) is 8.07. The fourth-order valence-electron chi connectivity index (χ4n) is 5.16. The molecule has 2 saturated carbocycles. The molecule has 4 nitrogen and oxygen atoms in total. The van der Waals surface area contributed by atoms with Crippen molar-refractivity contribution in [2.45, 2.75) is 52.3 Å². The van der Waals surface area contributed by atoms with Gasteiger partial charge in [-0.3, -0.25) is 5.41 Å². The van der Waals surface area contributed by atoms with Crippen molar-refractivity contribution in [2.24, 2.45) is 17.3 Å². The lowest BCUT2D eigenvalue weighted by Crippen LogP contribution is -2.32. The van der Waals surface area contributed by atoms with Crippen LogP contribution in [0.1, 0.15) is 51.5 Å². The maximum Gasteiger partial charge on any atom is 0.246 e. The molecule has 1 N–H and O–H groups in total. The Morgan fingerprint density at radius 3 is 2.39 bits per heavy atom. The van der Waals surface area contributed by atoms with Gasteiger partial charge in [0.1, 0.15) is 5.84 Å². The van der Waals surface area contributed by atoms with E-state index < -0.39 is 0 Å². The summed E-state index contributed by atoms with van der Waals surface area (Å²) in [7, 11) is 2.29. The lowest BCUT2D eigenvalue weighted by molar-refractivity contribution is 0.397. The van der Waals surface area contributed by atoms with Crippen molar-refractivity contribution in [1.82, 2.24) is 9.80 Å². The zero-order valence-electron chi connectivity index (χ0n) is 19.2. The fourth-order valence-corrected chi connectivity index (χ4v) is 5.16. The lowest BCUT2D eigenvalue weighted by atomic mass is 9.84. The molecule has 163 valence electrons. The molecule has 1 aromatic rings.